The van der Waals surface area contributed by atoms with Gasteiger partial charge in [0.15, 0.2) is 0 Å². The van der Waals surface area contributed by atoms with Crippen LogP contribution in [0.5, 0.6) is 0 Å². The predicted octanol–water partition coefficient (Wildman–Crippen LogP) is 1.05. The number of likely N-dealkylation sites (tertiary alicyclic amines) is 1. The van der Waals surface area contributed by atoms with Crippen molar-refractivity contribution in [2.75, 3.05) is 6.54 Å². The van der Waals surface area contributed by atoms with E-state index in [9.17, 15) is 32.7 Å². The fourth-order valence-corrected chi connectivity index (χ4v) is 4.39. The van der Waals surface area contributed by atoms with Crippen LogP contribution in [0, 0.1) is 11.3 Å². The quantitative estimate of drug-likeness (QED) is 0.626. The van der Waals surface area contributed by atoms with E-state index in [1.165, 1.54) is 11.8 Å². The van der Waals surface area contributed by atoms with Crippen LogP contribution < -0.4 is 5.32 Å². The Balaban J connectivity index is 1.54. The van der Waals surface area contributed by atoms with Crippen molar-refractivity contribution in [1.29, 1.82) is 0 Å². The average molecular weight is 392 g/mol. The number of piperidine rings is 1. The summed E-state index contributed by atoms with van der Waals surface area (Å²) in [4.78, 5) is 36.5. The zero-order valence-corrected chi connectivity index (χ0v) is 14.9. The van der Waals surface area contributed by atoms with E-state index in [1.807, 2.05) is 0 Å². The van der Waals surface area contributed by atoms with Gasteiger partial charge in [0.2, 0.25) is 11.8 Å². The highest BCUT2D eigenvalue weighted by Gasteiger charge is 2.70. The van der Waals surface area contributed by atoms with E-state index < -0.39 is 41.4 Å². The molecule has 1 saturated heterocycles. The largest absolute Gasteiger partial charge is 0.481 e. The number of nitrogens with zero attached hydrogens (tertiary/aromatic N) is 1. The smallest absolute Gasteiger partial charge is 0.403 e. The van der Waals surface area contributed by atoms with E-state index in [2.05, 4.69) is 5.32 Å². The number of carbonyl (C=O) groups is 3. The topological polar surface area (TPSA) is 107 Å². The molecular weight excluding hydrogens is 369 g/mol. The van der Waals surface area contributed by atoms with Crippen molar-refractivity contribution in [3.8, 4) is 0 Å². The zero-order valence-electron chi connectivity index (χ0n) is 14.9. The second kappa shape index (κ2) is 6.35. The number of aliphatic carboxylic acids is 1. The first-order valence-corrected chi connectivity index (χ1v) is 8.96. The third-order valence-electron chi connectivity index (χ3n) is 5.92. The van der Waals surface area contributed by atoms with Crippen LogP contribution in [0.15, 0.2) is 0 Å². The van der Waals surface area contributed by atoms with Crippen LogP contribution in [-0.2, 0) is 14.4 Å². The van der Waals surface area contributed by atoms with Gasteiger partial charge < -0.3 is 20.4 Å². The number of fused-ring (bicyclic) bond motifs is 2. The van der Waals surface area contributed by atoms with Crippen LogP contribution in [0.25, 0.3) is 0 Å². The standard InChI is InChI=1S/C17H23F3N2O5/c1-15(27,7-13(24)25)6-12(23)21-11-5-10-4-9(11)8-22(10)14(26)16(2-3-16)17(18,19)20/h9-11,27H,2-8H2,1H3,(H,21,23)(H,24,25)/t9-,10-,11+,15-/m1/s1. The number of carbonyl (C=O) groups excluding carboxylic acids is 2. The number of amides is 2. The van der Waals surface area contributed by atoms with E-state index in [-0.39, 0.29) is 43.8 Å². The molecule has 2 aliphatic carbocycles. The van der Waals surface area contributed by atoms with Gasteiger partial charge in [0.25, 0.3) is 0 Å². The molecule has 7 nitrogen and oxygen atoms in total. The van der Waals surface area contributed by atoms with Crippen molar-refractivity contribution < 1.29 is 37.8 Å². The van der Waals surface area contributed by atoms with E-state index in [4.69, 9.17) is 5.11 Å². The molecule has 0 spiro atoms. The lowest BCUT2D eigenvalue weighted by atomic mass is 9.96. The Morgan fingerprint density at radius 2 is 1.81 bits per heavy atom. The molecule has 1 heterocycles. The van der Waals surface area contributed by atoms with E-state index in [1.54, 1.807) is 0 Å². The fraction of sp³-hybridized carbons (Fsp3) is 0.824. The van der Waals surface area contributed by atoms with Crippen LogP contribution in [0.1, 0.15) is 45.4 Å². The van der Waals surface area contributed by atoms with Crippen molar-refractivity contribution in [2.24, 2.45) is 11.3 Å². The summed E-state index contributed by atoms with van der Waals surface area (Å²) in [6.45, 7) is 1.44. The second-order valence-corrected chi connectivity index (χ2v) is 8.34. The van der Waals surface area contributed by atoms with Crippen molar-refractivity contribution in [3.05, 3.63) is 0 Å². The Hall–Kier alpha value is -1.84. The normalized spacial score (nSPS) is 30.7. The molecule has 2 amide bonds. The molecule has 1 aliphatic heterocycles. The highest BCUT2D eigenvalue weighted by molar-refractivity contribution is 5.87. The van der Waals surface area contributed by atoms with Crippen molar-refractivity contribution >= 4 is 17.8 Å². The Bertz CT molecular complexity index is 659. The van der Waals surface area contributed by atoms with E-state index in [0.717, 1.165) is 0 Å². The molecule has 0 radical (unpaired) electrons. The molecule has 4 atom stereocenters. The van der Waals surface area contributed by atoms with Crippen molar-refractivity contribution in [1.82, 2.24) is 10.2 Å². The lowest BCUT2D eigenvalue weighted by Gasteiger charge is -2.35. The van der Waals surface area contributed by atoms with Gasteiger partial charge in [0, 0.05) is 18.6 Å². The maximum Gasteiger partial charge on any atom is 0.403 e. The summed E-state index contributed by atoms with van der Waals surface area (Å²) in [5, 5.41) is 21.4. The number of carboxylic acids is 1. The molecule has 0 aromatic rings. The van der Waals surface area contributed by atoms with Gasteiger partial charge in [0.05, 0.1) is 18.4 Å². The van der Waals surface area contributed by atoms with Crippen LogP contribution in [0.2, 0.25) is 0 Å². The highest BCUT2D eigenvalue weighted by Crippen LogP contribution is 2.59. The molecular formula is C17H23F3N2O5. The first-order valence-electron chi connectivity index (χ1n) is 8.96. The fourth-order valence-electron chi connectivity index (χ4n) is 4.39. The predicted molar refractivity (Wildman–Crippen MR) is 85.4 cm³/mol. The number of aliphatic hydroxyl groups is 1. The molecule has 3 fully saturated rings. The molecule has 0 aromatic carbocycles. The summed E-state index contributed by atoms with van der Waals surface area (Å²) < 4.78 is 39.5. The Morgan fingerprint density at radius 1 is 1.19 bits per heavy atom. The lowest BCUT2D eigenvalue weighted by molar-refractivity contribution is -0.199. The van der Waals surface area contributed by atoms with Gasteiger partial charge in [-0.25, -0.2) is 0 Å². The monoisotopic (exact) mass is 392 g/mol. The summed E-state index contributed by atoms with van der Waals surface area (Å²) in [5.41, 5.74) is -3.90. The Kier molecular flexibility index (Phi) is 4.69. The minimum Gasteiger partial charge on any atom is -0.481 e. The third kappa shape index (κ3) is 3.76. The van der Waals surface area contributed by atoms with Gasteiger partial charge in [-0.05, 0) is 38.5 Å². The summed E-state index contributed by atoms with van der Waals surface area (Å²) in [5.74, 6) is -2.71. The lowest BCUT2D eigenvalue weighted by Crippen LogP contribution is -2.52. The minimum atomic E-state index is -4.53. The van der Waals surface area contributed by atoms with Gasteiger partial charge in [-0.1, -0.05) is 0 Å². The van der Waals surface area contributed by atoms with E-state index >= 15 is 0 Å². The Morgan fingerprint density at radius 3 is 2.26 bits per heavy atom. The van der Waals surface area contributed by atoms with Gasteiger partial charge in [-0.3, -0.25) is 14.4 Å². The summed E-state index contributed by atoms with van der Waals surface area (Å²) in [6.07, 6.45) is -4.90. The molecule has 2 saturated carbocycles. The maximum absolute atomic E-state index is 13.2. The van der Waals surface area contributed by atoms with Gasteiger partial charge >= 0.3 is 12.1 Å². The molecule has 0 aromatic heterocycles. The van der Waals surface area contributed by atoms with Crippen LogP contribution >= 0.6 is 0 Å². The van der Waals surface area contributed by atoms with Gasteiger partial charge in [-0.2, -0.15) is 13.2 Å². The minimum absolute atomic E-state index is 0.128. The van der Waals surface area contributed by atoms with Crippen LogP contribution in [0.4, 0.5) is 13.2 Å². The van der Waals surface area contributed by atoms with Crippen LogP contribution in [0.3, 0.4) is 0 Å². The third-order valence-corrected chi connectivity index (χ3v) is 5.92. The first-order chi connectivity index (χ1) is 12.3. The molecule has 152 valence electrons. The molecule has 3 N–H and O–H groups in total. The molecule has 2 bridgehead atoms. The summed E-state index contributed by atoms with van der Waals surface area (Å²) in [6, 6.07) is -0.611. The average Bonchev–Trinajstić information content (AvgIpc) is 3.09. The van der Waals surface area contributed by atoms with E-state index in [0.29, 0.717) is 12.8 Å². The molecule has 0 unspecified atom stereocenters. The number of nitrogens with one attached hydrogen (secondary N) is 1. The zero-order chi connectivity index (χ0) is 20.2. The molecule has 10 heteroatoms. The molecule has 3 aliphatic rings. The number of rotatable bonds is 6. The molecule has 27 heavy (non-hydrogen) atoms. The Labute approximate surface area is 153 Å². The number of halogens is 3. The maximum atomic E-state index is 13.2. The molecule has 3 rings (SSSR count). The number of hydrogen-bond acceptors (Lipinski definition) is 4. The van der Waals surface area contributed by atoms with Crippen molar-refractivity contribution in [3.63, 3.8) is 0 Å². The summed E-state index contributed by atoms with van der Waals surface area (Å²) >= 11 is 0. The SMILES string of the molecule is C[C@](O)(CC(=O)O)CC(=O)N[C@H]1C[C@H]2C[C@@H]1CN2C(=O)C1(C(F)(F)F)CC1. The number of carboxylic acid groups (broad SMARTS) is 1. The van der Waals surface area contributed by atoms with Gasteiger partial charge in [0.1, 0.15) is 5.41 Å². The second-order valence-electron chi connectivity index (χ2n) is 8.34. The summed E-state index contributed by atoms with van der Waals surface area (Å²) in [7, 11) is 0. The first kappa shape index (κ1) is 19.9. The number of alkyl halides is 3. The number of hydrogen-bond donors (Lipinski definition) is 3. The van der Waals surface area contributed by atoms with Gasteiger partial charge in [-0.15, -0.1) is 0 Å². The van der Waals surface area contributed by atoms with Crippen molar-refractivity contribution in [2.45, 2.75) is 69.3 Å². The van der Waals surface area contributed by atoms with Crippen LogP contribution in [-0.4, -0.2) is 63.3 Å². The highest BCUT2D eigenvalue weighted by atomic mass is 19.4.